The van der Waals surface area contributed by atoms with E-state index in [1.165, 1.54) is 0 Å². The number of benzene rings is 2. The van der Waals surface area contributed by atoms with Crippen LogP contribution >= 0.6 is 0 Å². The second-order valence-corrected chi connectivity index (χ2v) is 8.44. The third-order valence-electron chi connectivity index (χ3n) is 5.60. The van der Waals surface area contributed by atoms with Gasteiger partial charge in [-0.25, -0.2) is 0 Å². The van der Waals surface area contributed by atoms with Crippen molar-refractivity contribution in [1.82, 2.24) is 9.80 Å². The molecule has 0 radical (unpaired) electrons. The molecule has 1 N–H and O–H groups in total. The average Bonchev–Trinajstić information content (AvgIpc) is 3.11. The number of likely N-dealkylation sites (tertiary alicyclic amines) is 1. The summed E-state index contributed by atoms with van der Waals surface area (Å²) in [6.07, 6.45) is 3.98. The Morgan fingerprint density at radius 1 is 0.971 bits per heavy atom. The van der Waals surface area contributed by atoms with E-state index in [4.69, 9.17) is 9.47 Å². The van der Waals surface area contributed by atoms with Crippen molar-refractivity contribution in [3.63, 3.8) is 0 Å². The van der Waals surface area contributed by atoms with Crippen molar-refractivity contribution in [3.8, 4) is 11.5 Å². The van der Waals surface area contributed by atoms with E-state index in [9.17, 15) is 14.7 Å². The molecule has 1 atom stereocenters. The number of hydrogen-bond donors (Lipinski definition) is 1. The van der Waals surface area contributed by atoms with Crippen LogP contribution in [0.3, 0.4) is 0 Å². The van der Waals surface area contributed by atoms with Gasteiger partial charge < -0.3 is 24.4 Å². The number of ketones is 1. The van der Waals surface area contributed by atoms with Crippen LogP contribution < -0.4 is 9.47 Å². The van der Waals surface area contributed by atoms with Crippen molar-refractivity contribution in [1.29, 1.82) is 0 Å². The van der Waals surface area contributed by atoms with Gasteiger partial charge in [0.05, 0.1) is 11.6 Å². The van der Waals surface area contributed by atoms with E-state index in [2.05, 4.69) is 13.2 Å². The van der Waals surface area contributed by atoms with E-state index < -0.39 is 17.7 Å². The molecule has 0 bridgehead atoms. The lowest BCUT2D eigenvalue weighted by molar-refractivity contribution is -0.139. The smallest absolute Gasteiger partial charge is 0.295 e. The van der Waals surface area contributed by atoms with Crippen LogP contribution in [0.5, 0.6) is 11.5 Å². The summed E-state index contributed by atoms with van der Waals surface area (Å²) in [5.41, 5.74) is 1.21. The highest BCUT2D eigenvalue weighted by atomic mass is 16.5. The van der Waals surface area contributed by atoms with E-state index >= 15 is 0 Å². The summed E-state index contributed by atoms with van der Waals surface area (Å²) < 4.78 is 11.1. The quantitative estimate of drug-likeness (QED) is 0.214. The first-order valence-corrected chi connectivity index (χ1v) is 11.5. The normalized spacial score (nSPS) is 17.0. The summed E-state index contributed by atoms with van der Waals surface area (Å²) in [4.78, 5) is 29.7. The number of aliphatic hydroxyl groups is 1. The van der Waals surface area contributed by atoms with Crippen molar-refractivity contribution in [2.75, 3.05) is 40.4 Å². The van der Waals surface area contributed by atoms with Gasteiger partial charge in [0.1, 0.15) is 30.5 Å². The van der Waals surface area contributed by atoms with E-state index in [0.717, 1.165) is 6.54 Å². The van der Waals surface area contributed by atoms with Gasteiger partial charge in [-0.3, -0.25) is 9.59 Å². The van der Waals surface area contributed by atoms with Gasteiger partial charge in [0.2, 0.25) is 0 Å². The molecule has 1 heterocycles. The number of nitrogens with zero attached hydrogens (tertiary/aromatic N) is 2. The Kier molecular flexibility index (Phi) is 8.86. The number of carbonyl (C=O) groups is 2. The first-order chi connectivity index (χ1) is 16.9. The molecule has 1 fully saturated rings. The molecule has 1 aliphatic rings. The minimum atomic E-state index is -0.706. The van der Waals surface area contributed by atoms with Crippen LogP contribution in [0.15, 0.2) is 79.4 Å². The lowest BCUT2D eigenvalue weighted by atomic mass is 9.95. The predicted molar refractivity (Wildman–Crippen MR) is 136 cm³/mol. The molecule has 0 aliphatic carbocycles. The fourth-order valence-corrected chi connectivity index (χ4v) is 3.94. The molecule has 1 aliphatic heterocycles. The lowest BCUT2D eigenvalue weighted by Gasteiger charge is -2.26. The number of carbonyl (C=O) groups excluding carboxylic acids is 2. The zero-order chi connectivity index (χ0) is 25.4. The van der Waals surface area contributed by atoms with Gasteiger partial charge in [0.25, 0.3) is 11.7 Å². The fraction of sp³-hybridized carbons (Fsp3) is 0.286. The van der Waals surface area contributed by atoms with Crippen LogP contribution in [0.4, 0.5) is 0 Å². The van der Waals surface area contributed by atoms with Gasteiger partial charge in [-0.15, -0.1) is 0 Å². The molecular formula is C28H32N2O5. The standard InChI is InChI=1S/C28H32N2O5/c1-5-18-34-22-12-8-20(9-13-22)25-24(27(32)28(33)30(25)17-7-16-29(3)4)26(31)21-10-14-23(15-11-21)35-19-6-2/h5-6,8-15,25,31H,1-2,7,16-19H2,3-4H3/b26-24+/t25-/m0/s1. The maximum absolute atomic E-state index is 13.1. The summed E-state index contributed by atoms with van der Waals surface area (Å²) in [6, 6.07) is 13.2. The second-order valence-electron chi connectivity index (χ2n) is 8.44. The van der Waals surface area contributed by atoms with Gasteiger partial charge in [-0.2, -0.15) is 0 Å². The van der Waals surface area contributed by atoms with Crippen LogP contribution in [0.2, 0.25) is 0 Å². The topological polar surface area (TPSA) is 79.3 Å². The second kappa shape index (κ2) is 12.0. The van der Waals surface area contributed by atoms with Crippen molar-refractivity contribution < 1.29 is 24.2 Å². The molecule has 7 heteroatoms. The molecule has 35 heavy (non-hydrogen) atoms. The van der Waals surface area contributed by atoms with Crippen LogP contribution in [0.25, 0.3) is 5.76 Å². The average molecular weight is 477 g/mol. The molecule has 7 nitrogen and oxygen atoms in total. The summed E-state index contributed by atoms with van der Waals surface area (Å²) in [5, 5.41) is 11.2. The number of Topliss-reactive ketones (excluding diaryl/α,β-unsaturated/α-hetero) is 1. The first kappa shape index (κ1) is 25.8. The highest BCUT2D eigenvalue weighted by molar-refractivity contribution is 6.46. The summed E-state index contributed by atoms with van der Waals surface area (Å²) >= 11 is 0. The number of rotatable bonds is 12. The van der Waals surface area contributed by atoms with E-state index in [0.29, 0.717) is 48.8 Å². The van der Waals surface area contributed by atoms with Gasteiger partial charge in [-0.1, -0.05) is 37.4 Å². The van der Waals surface area contributed by atoms with Crippen LogP contribution in [-0.2, 0) is 9.59 Å². The van der Waals surface area contributed by atoms with Crippen LogP contribution in [0, 0.1) is 0 Å². The lowest BCUT2D eigenvalue weighted by Crippen LogP contribution is -2.32. The molecule has 1 amide bonds. The fourth-order valence-electron chi connectivity index (χ4n) is 3.94. The number of hydrogen-bond acceptors (Lipinski definition) is 6. The maximum atomic E-state index is 13.1. The zero-order valence-electron chi connectivity index (χ0n) is 20.3. The van der Waals surface area contributed by atoms with Crippen molar-refractivity contribution in [2.45, 2.75) is 12.5 Å². The molecule has 0 saturated carbocycles. The van der Waals surface area contributed by atoms with Gasteiger partial charge >= 0.3 is 0 Å². The molecule has 0 spiro atoms. The Hall–Kier alpha value is -3.84. The molecular weight excluding hydrogens is 444 g/mol. The molecule has 2 aromatic carbocycles. The van der Waals surface area contributed by atoms with Gasteiger partial charge in [0.15, 0.2) is 0 Å². The number of aliphatic hydroxyl groups excluding tert-OH is 1. The van der Waals surface area contributed by atoms with Gasteiger partial charge in [-0.05, 0) is 69.0 Å². The third-order valence-corrected chi connectivity index (χ3v) is 5.60. The summed E-state index contributed by atoms with van der Waals surface area (Å²) in [5.74, 6) is -0.277. The first-order valence-electron chi connectivity index (χ1n) is 11.5. The van der Waals surface area contributed by atoms with Crippen molar-refractivity contribution >= 4 is 17.4 Å². The Labute approximate surface area is 206 Å². The summed E-state index contributed by atoms with van der Waals surface area (Å²) in [7, 11) is 3.91. The predicted octanol–water partition coefficient (Wildman–Crippen LogP) is 4.19. The molecule has 3 rings (SSSR count). The Morgan fingerprint density at radius 2 is 1.51 bits per heavy atom. The largest absolute Gasteiger partial charge is 0.507 e. The minimum absolute atomic E-state index is 0.0689. The van der Waals surface area contributed by atoms with E-state index in [-0.39, 0.29) is 11.3 Å². The molecule has 184 valence electrons. The molecule has 0 aromatic heterocycles. The SMILES string of the molecule is C=CCOc1ccc(/C(O)=C2\C(=O)C(=O)N(CCCN(C)C)[C@H]2c2ccc(OCC=C)cc2)cc1. The summed E-state index contributed by atoms with van der Waals surface area (Å²) in [6.45, 7) is 9.14. The van der Waals surface area contributed by atoms with E-state index in [1.54, 1.807) is 53.5 Å². The van der Waals surface area contributed by atoms with E-state index in [1.807, 2.05) is 31.1 Å². The Balaban J connectivity index is 2.00. The Morgan fingerprint density at radius 3 is 2.03 bits per heavy atom. The van der Waals surface area contributed by atoms with Crippen molar-refractivity contribution in [3.05, 3.63) is 90.5 Å². The minimum Gasteiger partial charge on any atom is -0.507 e. The highest BCUT2D eigenvalue weighted by Crippen LogP contribution is 2.40. The number of ether oxygens (including phenoxy) is 2. The van der Waals surface area contributed by atoms with Crippen LogP contribution in [-0.4, -0.2) is 67.0 Å². The maximum Gasteiger partial charge on any atom is 0.295 e. The third kappa shape index (κ3) is 6.19. The zero-order valence-corrected chi connectivity index (χ0v) is 20.3. The molecule has 1 saturated heterocycles. The van der Waals surface area contributed by atoms with Gasteiger partial charge in [0, 0.05) is 12.1 Å². The molecule has 0 unspecified atom stereocenters. The molecule has 2 aromatic rings. The number of amides is 1. The monoisotopic (exact) mass is 476 g/mol. The van der Waals surface area contributed by atoms with Crippen LogP contribution in [0.1, 0.15) is 23.6 Å². The van der Waals surface area contributed by atoms with Crippen molar-refractivity contribution in [2.24, 2.45) is 0 Å². The Bertz CT molecular complexity index is 1090. The highest BCUT2D eigenvalue weighted by Gasteiger charge is 2.45.